The van der Waals surface area contributed by atoms with Gasteiger partial charge in [-0.1, -0.05) is 11.8 Å². The maximum Gasteiger partial charge on any atom is 0.408 e. The first kappa shape index (κ1) is 27.0. The van der Waals surface area contributed by atoms with Crippen molar-refractivity contribution in [1.82, 2.24) is 14.9 Å². The van der Waals surface area contributed by atoms with E-state index in [9.17, 15) is 19.2 Å². The second-order valence-electron chi connectivity index (χ2n) is 9.40. The number of hydrogen-bond donors (Lipinski definition) is 3. The first-order valence-corrected chi connectivity index (χ1v) is 10.3. The van der Waals surface area contributed by atoms with E-state index in [0.29, 0.717) is 6.42 Å². The van der Waals surface area contributed by atoms with Gasteiger partial charge >= 0.3 is 17.8 Å². The van der Waals surface area contributed by atoms with Crippen LogP contribution in [0.1, 0.15) is 73.1 Å². The van der Waals surface area contributed by atoms with Gasteiger partial charge in [-0.15, -0.1) is 0 Å². The molecule has 2 rings (SSSR count). The molecule has 0 saturated carbocycles. The van der Waals surface area contributed by atoms with Crippen LogP contribution in [0.3, 0.4) is 0 Å². The fraction of sp³-hybridized carbons (Fsp3) is 0.636. The molecular formula is C22H33N3O7. The first-order valence-electron chi connectivity index (χ1n) is 10.3. The highest BCUT2D eigenvalue weighted by molar-refractivity contribution is 5.72. The maximum absolute atomic E-state index is 11.9. The standard InChI is InChI=1S/C17H23N3O5.C5H10O2/c1-11-7-8-13(24-11)20-10-12(14(21)19-15(20)22)6-5-9-18-16(23)25-17(2,3)4;1-5(2,3)4(6)7/h10-11,13H,7-9H2,1-4H3,(H,18,23)(H,19,21,22);1-3H3,(H,6,7). The van der Waals surface area contributed by atoms with Gasteiger partial charge in [-0.25, -0.2) is 9.59 Å². The van der Waals surface area contributed by atoms with Crippen LogP contribution in [-0.4, -0.2) is 45.0 Å². The molecule has 1 aliphatic rings. The number of nitrogens with one attached hydrogen (secondary N) is 2. The molecule has 32 heavy (non-hydrogen) atoms. The van der Waals surface area contributed by atoms with Crippen molar-refractivity contribution in [3.05, 3.63) is 32.6 Å². The summed E-state index contributed by atoms with van der Waals surface area (Å²) in [5.41, 5.74) is -2.14. The van der Waals surface area contributed by atoms with Crippen molar-refractivity contribution < 1.29 is 24.2 Å². The highest BCUT2D eigenvalue weighted by Crippen LogP contribution is 2.26. The topological polar surface area (TPSA) is 140 Å². The number of carbonyl (C=O) groups is 2. The summed E-state index contributed by atoms with van der Waals surface area (Å²) < 4.78 is 12.1. The Labute approximate surface area is 187 Å². The largest absolute Gasteiger partial charge is 0.481 e. The number of carboxylic acids is 1. The fourth-order valence-electron chi connectivity index (χ4n) is 2.34. The minimum Gasteiger partial charge on any atom is -0.481 e. The van der Waals surface area contributed by atoms with Crippen LogP contribution in [0.15, 0.2) is 15.8 Å². The quantitative estimate of drug-likeness (QED) is 0.586. The average Bonchev–Trinajstić information content (AvgIpc) is 3.04. The molecule has 0 aromatic carbocycles. The van der Waals surface area contributed by atoms with Crippen molar-refractivity contribution in [1.29, 1.82) is 0 Å². The van der Waals surface area contributed by atoms with Gasteiger partial charge in [0.2, 0.25) is 0 Å². The summed E-state index contributed by atoms with van der Waals surface area (Å²) in [6.45, 7) is 12.2. The van der Waals surface area contributed by atoms with E-state index in [1.807, 2.05) is 6.92 Å². The number of aliphatic carboxylic acids is 1. The minimum absolute atomic E-state index is 0.0183. The number of ether oxygens (including phenoxy) is 2. The number of carboxylic acid groups (broad SMARTS) is 1. The summed E-state index contributed by atoms with van der Waals surface area (Å²) in [6.07, 6.45) is 2.01. The summed E-state index contributed by atoms with van der Waals surface area (Å²) in [7, 11) is 0. The third-order valence-electron chi connectivity index (χ3n) is 4.07. The average molecular weight is 452 g/mol. The van der Waals surface area contributed by atoms with Crippen LogP contribution in [-0.2, 0) is 14.3 Å². The number of hydrogen-bond acceptors (Lipinski definition) is 6. The molecule has 1 aromatic heterocycles. The van der Waals surface area contributed by atoms with E-state index < -0.39 is 40.6 Å². The monoisotopic (exact) mass is 451 g/mol. The predicted octanol–water partition coefficient (Wildman–Crippen LogP) is 2.23. The third kappa shape index (κ3) is 9.39. The minimum atomic E-state index is -0.757. The van der Waals surface area contributed by atoms with Crippen molar-refractivity contribution in [2.45, 2.75) is 79.2 Å². The number of alkyl carbamates (subject to hydrolysis) is 1. The Bertz CT molecular complexity index is 984. The highest BCUT2D eigenvalue weighted by atomic mass is 16.6. The lowest BCUT2D eigenvalue weighted by molar-refractivity contribution is -0.145. The summed E-state index contributed by atoms with van der Waals surface area (Å²) in [5, 5.41) is 10.7. The molecule has 1 amide bonds. The van der Waals surface area contributed by atoms with Gasteiger partial charge in [0.05, 0.1) is 18.1 Å². The Balaban J connectivity index is 0.000000633. The number of aromatic amines is 1. The second kappa shape index (κ2) is 11.0. The Hall–Kier alpha value is -3.06. The van der Waals surface area contributed by atoms with E-state index in [-0.39, 0.29) is 18.2 Å². The van der Waals surface area contributed by atoms with Crippen LogP contribution in [0.5, 0.6) is 0 Å². The number of amides is 1. The van der Waals surface area contributed by atoms with E-state index in [4.69, 9.17) is 14.6 Å². The molecule has 0 spiro atoms. The van der Waals surface area contributed by atoms with Gasteiger partial charge in [-0.3, -0.25) is 19.1 Å². The summed E-state index contributed by atoms with van der Waals surface area (Å²) in [5.74, 6) is 4.56. The van der Waals surface area contributed by atoms with E-state index in [0.717, 1.165) is 6.42 Å². The smallest absolute Gasteiger partial charge is 0.408 e. The molecular weight excluding hydrogens is 418 g/mol. The Kier molecular flexibility index (Phi) is 9.27. The predicted molar refractivity (Wildman–Crippen MR) is 118 cm³/mol. The normalized spacial score (nSPS) is 18.0. The summed E-state index contributed by atoms with van der Waals surface area (Å²) in [6, 6.07) is 0. The summed E-state index contributed by atoms with van der Waals surface area (Å²) >= 11 is 0. The fourth-order valence-corrected chi connectivity index (χ4v) is 2.34. The lowest BCUT2D eigenvalue weighted by Crippen LogP contribution is -2.34. The van der Waals surface area contributed by atoms with Crippen molar-refractivity contribution >= 4 is 12.1 Å². The zero-order valence-electron chi connectivity index (χ0n) is 19.7. The highest BCUT2D eigenvalue weighted by Gasteiger charge is 2.24. The van der Waals surface area contributed by atoms with Gasteiger partial charge in [0, 0.05) is 6.20 Å². The van der Waals surface area contributed by atoms with Gasteiger partial charge < -0.3 is 19.9 Å². The molecule has 2 unspecified atom stereocenters. The van der Waals surface area contributed by atoms with Crippen LogP contribution in [0.4, 0.5) is 4.79 Å². The molecule has 1 aromatic rings. The van der Waals surface area contributed by atoms with Crippen LogP contribution < -0.4 is 16.6 Å². The number of carbonyl (C=O) groups excluding carboxylic acids is 1. The van der Waals surface area contributed by atoms with Gasteiger partial charge in [0.25, 0.3) is 5.56 Å². The van der Waals surface area contributed by atoms with Crippen molar-refractivity contribution in [2.75, 3.05) is 6.54 Å². The molecule has 3 N–H and O–H groups in total. The lowest BCUT2D eigenvalue weighted by atomic mass is 9.98. The Morgan fingerprint density at radius 3 is 2.31 bits per heavy atom. The molecule has 2 heterocycles. The van der Waals surface area contributed by atoms with Crippen LogP contribution >= 0.6 is 0 Å². The van der Waals surface area contributed by atoms with Crippen LogP contribution in [0.2, 0.25) is 0 Å². The van der Waals surface area contributed by atoms with Gasteiger partial charge in [0.1, 0.15) is 17.4 Å². The number of aromatic nitrogens is 2. The second-order valence-corrected chi connectivity index (χ2v) is 9.40. The van der Waals surface area contributed by atoms with E-state index in [1.165, 1.54) is 10.8 Å². The molecule has 0 aliphatic carbocycles. The van der Waals surface area contributed by atoms with Gasteiger partial charge in [-0.05, 0) is 61.3 Å². The Morgan fingerprint density at radius 1 is 1.25 bits per heavy atom. The SMILES string of the molecule is CC(C)(C)C(=O)O.CC1CCC(n2cc(C#CCNC(=O)OC(C)(C)C)c(=O)[nH]c2=O)O1. The Morgan fingerprint density at radius 2 is 1.84 bits per heavy atom. The molecule has 10 heteroatoms. The maximum atomic E-state index is 11.9. The van der Waals surface area contributed by atoms with Crippen molar-refractivity contribution in [3.8, 4) is 11.8 Å². The van der Waals surface area contributed by atoms with Gasteiger partial charge in [-0.2, -0.15) is 0 Å². The van der Waals surface area contributed by atoms with E-state index in [2.05, 4.69) is 22.1 Å². The molecule has 1 saturated heterocycles. The zero-order valence-corrected chi connectivity index (χ0v) is 19.7. The van der Waals surface area contributed by atoms with Crippen LogP contribution in [0.25, 0.3) is 0 Å². The van der Waals surface area contributed by atoms with Crippen LogP contribution in [0, 0.1) is 17.3 Å². The van der Waals surface area contributed by atoms with Gasteiger partial charge in [0.15, 0.2) is 0 Å². The molecule has 10 nitrogen and oxygen atoms in total. The third-order valence-corrected chi connectivity index (χ3v) is 4.07. The molecule has 0 bridgehead atoms. The number of H-pyrrole nitrogens is 1. The van der Waals surface area contributed by atoms with E-state index in [1.54, 1.807) is 41.5 Å². The molecule has 0 radical (unpaired) electrons. The zero-order chi connectivity index (χ0) is 24.7. The van der Waals surface area contributed by atoms with E-state index >= 15 is 0 Å². The van der Waals surface area contributed by atoms with Crippen molar-refractivity contribution in [2.24, 2.45) is 5.41 Å². The number of rotatable bonds is 2. The first-order chi connectivity index (χ1) is 14.6. The lowest BCUT2D eigenvalue weighted by Gasteiger charge is -2.19. The van der Waals surface area contributed by atoms with Crippen molar-refractivity contribution in [3.63, 3.8) is 0 Å². The summed E-state index contributed by atoms with van der Waals surface area (Å²) in [4.78, 5) is 47.6. The molecule has 178 valence electrons. The molecule has 1 aliphatic heterocycles. The number of nitrogens with zero attached hydrogens (tertiary/aromatic N) is 1. The molecule has 2 atom stereocenters. The molecule has 1 fully saturated rings.